The van der Waals surface area contributed by atoms with Gasteiger partial charge in [0.2, 0.25) is 0 Å². The zero-order chi connectivity index (χ0) is 14.4. The molecule has 6 heteroatoms. The molecule has 1 aromatic rings. The Labute approximate surface area is 123 Å². The standard InChI is InChI=1S/C15H19N3O3/c1-20-15(19)13-10-7-16-5-4-11(10)17-14(18-13)9-6-8-2-3-12(9)21-8/h8-9,12,16H,2-7H2,1H3. The molecular weight excluding hydrogens is 270 g/mol. The highest BCUT2D eigenvalue weighted by Gasteiger charge is 2.43. The Hall–Kier alpha value is -1.53. The number of hydrogen-bond donors (Lipinski definition) is 1. The van der Waals surface area contributed by atoms with Gasteiger partial charge in [0.15, 0.2) is 5.69 Å². The molecule has 2 fully saturated rings. The Bertz CT molecular complexity index is 590. The van der Waals surface area contributed by atoms with Gasteiger partial charge in [-0.3, -0.25) is 0 Å². The maximum absolute atomic E-state index is 12.0. The number of esters is 1. The summed E-state index contributed by atoms with van der Waals surface area (Å²) in [6.45, 7) is 1.52. The van der Waals surface area contributed by atoms with E-state index in [4.69, 9.17) is 14.5 Å². The lowest BCUT2D eigenvalue weighted by atomic mass is 9.88. The SMILES string of the molecule is COC(=O)c1nc(C2CC3CCC2O3)nc2c1CNCC2. The van der Waals surface area contributed by atoms with Crippen LogP contribution in [-0.2, 0) is 22.4 Å². The highest BCUT2D eigenvalue weighted by atomic mass is 16.5. The second kappa shape index (κ2) is 5.03. The monoisotopic (exact) mass is 289 g/mol. The van der Waals surface area contributed by atoms with Crippen molar-refractivity contribution in [2.45, 2.75) is 50.4 Å². The zero-order valence-electron chi connectivity index (χ0n) is 12.1. The molecule has 0 saturated carbocycles. The second-order valence-corrected chi connectivity index (χ2v) is 5.99. The van der Waals surface area contributed by atoms with Crippen molar-refractivity contribution in [2.75, 3.05) is 13.7 Å². The van der Waals surface area contributed by atoms with E-state index < -0.39 is 0 Å². The topological polar surface area (TPSA) is 73.3 Å². The number of ether oxygens (including phenoxy) is 2. The van der Waals surface area contributed by atoms with Gasteiger partial charge in [-0.15, -0.1) is 0 Å². The van der Waals surface area contributed by atoms with Gasteiger partial charge in [-0.2, -0.15) is 0 Å². The molecule has 0 radical (unpaired) electrons. The summed E-state index contributed by atoms with van der Waals surface area (Å²) >= 11 is 0. The van der Waals surface area contributed by atoms with Crippen LogP contribution in [0.3, 0.4) is 0 Å². The highest BCUT2D eigenvalue weighted by Crippen LogP contribution is 2.43. The highest BCUT2D eigenvalue weighted by molar-refractivity contribution is 5.89. The molecule has 0 amide bonds. The maximum Gasteiger partial charge on any atom is 0.357 e. The minimum absolute atomic E-state index is 0.222. The first-order chi connectivity index (χ1) is 10.3. The van der Waals surface area contributed by atoms with Crippen molar-refractivity contribution in [1.29, 1.82) is 0 Å². The van der Waals surface area contributed by atoms with Crippen LogP contribution in [0.25, 0.3) is 0 Å². The van der Waals surface area contributed by atoms with Crippen LogP contribution in [0.5, 0.6) is 0 Å². The lowest BCUT2D eigenvalue weighted by Crippen LogP contribution is -2.30. The van der Waals surface area contributed by atoms with E-state index in [2.05, 4.69) is 10.3 Å². The van der Waals surface area contributed by atoms with Crippen molar-refractivity contribution in [1.82, 2.24) is 15.3 Å². The second-order valence-electron chi connectivity index (χ2n) is 5.99. The fourth-order valence-electron chi connectivity index (χ4n) is 3.70. The van der Waals surface area contributed by atoms with Crippen molar-refractivity contribution in [3.05, 3.63) is 22.8 Å². The van der Waals surface area contributed by atoms with Gasteiger partial charge in [0.1, 0.15) is 5.82 Å². The predicted molar refractivity (Wildman–Crippen MR) is 74.0 cm³/mol. The molecule has 4 rings (SSSR count). The van der Waals surface area contributed by atoms with Gasteiger partial charge in [-0.05, 0) is 19.3 Å². The molecule has 21 heavy (non-hydrogen) atoms. The van der Waals surface area contributed by atoms with Gasteiger partial charge in [-0.1, -0.05) is 0 Å². The molecule has 1 aromatic heterocycles. The van der Waals surface area contributed by atoms with E-state index >= 15 is 0 Å². The molecule has 0 spiro atoms. The molecular formula is C15H19N3O3. The van der Waals surface area contributed by atoms with E-state index in [9.17, 15) is 4.79 Å². The van der Waals surface area contributed by atoms with Crippen LogP contribution in [0.2, 0.25) is 0 Å². The lowest BCUT2D eigenvalue weighted by Gasteiger charge is -2.22. The first kappa shape index (κ1) is 13.2. The number of fused-ring (bicyclic) bond motifs is 3. The van der Waals surface area contributed by atoms with E-state index in [1.807, 2.05) is 0 Å². The van der Waals surface area contributed by atoms with Gasteiger partial charge in [0.05, 0.1) is 25.0 Å². The van der Waals surface area contributed by atoms with E-state index in [0.717, 1.165) is 49.3 Å². The van der Waals surface area contributed by atoms with Crippen molar-refractivity contribution in [3.8, 4) is 0 Å². The number of aromatic nitrogens is 2. The average molecular weight is 289 g/mol. The number of nitrogens with zero attached hydrogens (tertiary/aromatic N) is 2. The molecule has 2 saturated heterocycles. The molecule has 3 aliphatic heterocycles. The predicted octanol–water partition coefficient (Wildman–Crippen LogP) is 0.944. The summed E-state index contributed by atoms with van der Waals surface area (Å²) in [6.07, 6.45) is 4.59. The number of carbonyl (C=O) groups excluding carboxylic acids is 1. The largest absolute Gasteiger partial charge is 0.464 e. The zero-order valence-corrected chi connectivity index (χ0v) is 12.1. The van der Waals surface area contributed by atoms with Crippen LogP contribution in [0.15, 0.2) is 0 Å². The Kier molecular flexibility index (Phi) is 3.15. The Balaban J connectivity index is 1.76. The Morgan fingerprint density at radius 3 is 3.00 bits per heavy atom. The molecule has 112 valence electrons. The molecule has 0 aromatic carbocycles. The molecule has 4 heterocycles. The normalized spacial score (nSPS) is 30.2. The van der Waals surface area contributed by atoms with E-state index in [0.29, 0.717) is 18.3 Å². The number of carbonyl (C=O) groups is 1. The van der Waals surface area contributed by atoms with Crippen LogP contribution in [-0.4, -0.2) is 41.8 Å². The van der Waals surface area contributed by atoms with Crippen molar-refractivity contribution >= 4 is 5.97 Å². The Morgan fingerprint density at radius 1 is 1.38 bits per heavy atom. The van der Waals surface area contributed by atoms with Gasteiger partial charge in [0, 0.05) is 31.0 Å². The summed E-state index contributed by atoms with van der Waals surface area (Å²) < 4.78 is 10.8. The van der Waals surface area contributed by atoms with Crippen LogP contribution in [0.4, 0.5) is 0 Å². The maximum atomic E-state index is 12.0. The summed E-state index contributed by atoms with van der Waals surface area (Å²) in [7, 11) is 1.40. The van der Waals surface area contributed by atoms with Crippen molar-refractivity contribution < 1.29 is 14.3 Å². The minimum Gasteiger partial charge on any atom is -0.464 e. The molecule has 3 atom stereocenters. The smallest absolute Gasteiger partial charge is 0.357 e. The summed E-state index contributed by atoms with van der Waals surface area (Å²) in [5.74, 6) is 0.623. The quantitative estimate of drug-likeness (QED) is 0.817. The third-order valence-electron chi connectivity index (χ3n) is 4.77. The van der Waals surface area contributed by atoms with Crippen LogP contribution >= 0.6 is 0 Å². The first-order valence-corrected chi connectivity index (χ1v) is 7.60. The fourth-order valence-corrected chi connectivity index (χ4v) is 3.70. The van der Waals surface area contributed by atoms with Crippen molar-refractivity contribution in [3.63, 3.8) is 0 Å². The van der Waals surface area contributed by atoms with Gasteiger partial charge in [-0.25, -0.2) is 14.8 Å². The third kappa shape index (κ3) is 2.13. The molecule has 6 nitrogen and oxygen atoms in total. The van der Waals surface area contributed by atoms with Crippen LogP contribution in [0, 0.1) is 0 Å². The molecule has 1 N–H and O–H groups in total. The fraction of sp³-hybridized carbons (Fsp3) is 0.667. The third-order valence-corrected chi connectivity index (χ3v) is 4.77. The number of methoxy groups -OCH3 is 1. The van der Waals surface area contributed by atoms with Gasteiger partial charge >= 0.3 is 5.97 Å². The number of nitrogens with one attached hydrogen (secondary N) is 1. The summed E-state index contributed by atoms with van der Waals surface area (Å²) in [4.78, 5) is 21.3. The average Bonchev–Trinajstić information content (AvgIpc) is 3.16. The molecule has 3 unspecified atom stereocenters. The lowest BCUT2D eigenvalue weighted by molar-refractivity contribution is 0.0590. The van der Waals surface area contributed by atoms with Crippen molar-refractivity contribution in [2.24, 2.45) is 0 Å². The molecule has 3 aliphatic rings. The van der Waals surface area contributed by atoms with Crippen LogP contribution < -0.4 is 5.32 Å². The van der Waals surface area contributed by atoms with Gasteiger partial charge in [0.25, 0.3) is 0 Å². The van der Waals surface area contributed by atoms with E-state index in [1.165, 1.54) is 7.11 Å². The minimum atomic E-state index is -0.373. The summed E-state index contributed by atoms with van der Waals surface area (Å²) in [6, 6.07) is 0. The summed E-state index contributed by atoms with van der Waals surface area (Å²) in [5.41, 5.74) is 2.30. The van der Waals surface area contributed by atoms with E-state index in [1.54, 1.807) is 0 Å². The first-order valence-electron chi connectivity index (χ1n) is 7.60. The van der Waals surface area contributed by atoms with Crippen LogP contribution in [0.1, 0.15) is 52.8 Å². The van der Waals surface area contributed by atoms with E-state index in [-0.39, 0.29) is 18.0 Å². The van der Waals surface area contributed by atoms with Gasteiger partial charge < -0.3 is 14.8 Å². The number of rotatable bonds is 2. The molecule has 2 bridgehead atoms. The Morgan fingerprint density at radius 2 is 2.29 bits per heavy atom. The summed E-state index contributed by atoms with van der Waals surface area (Å²) in [5, 5.41) is 3.26. The number of hydrogen-bond acceptors (Lipinski definition) is 6. The molecule has 0 aliphatic carbocycles.